The Morgan fingerprint density at radius 3 is 2.93 bits per heavy atom. The topological polar surface area (TPSA) is 72.5 Å². The smallest absolute Gasteiger partial charge is 0.0775 e. The van der Waals surface area contributed by atoms with Crippen molar-refractivity contribution < 1.29 is 0 Å². The molecule has 1 rings (SSSR count). The number of rotatable bonds is 4. The van der Waals surface area contributed by atoms with E-state index in [2.05, 4.69) is 10.3 Å². The third-order valence-corrected chi connectivity index (χ3v) is 1.64. The normalized spacial score (nSPS) is 8.71. The fourth-order valence-corrected chi connectivity index (χ4v) is 1.03. The lowest BCUT2D eigenvalue weighted by Crippen LogP contribution is -2.01. The van der Waals surface area contributed by atoms with Gasteiger partial charge in [-0.05, 0) is 12.1 Å². The van der Waals surface area contributed by atoms with E-state index in [1.807, 2.05) is 24.3 Å². The molecule has 0 radical (unpaired) electrons. The van der Waals surface area contributed by atoms with Crippen molar-refractivity contribution in [1.82, 2.24) is 4.98 Å². The van der Waals surface area contributed by atoms with E-state index in [0.29, 0.717) is 19.4 Å². The minimum atomic E-state index is 0.313. The molecule has 0 aliphatic heterocycles. The standard InChI is InChI=1S/C10H10N4/c11-4-1-6-13-10-3-7-14-9(8-10)2-5-12/h3,7-8H,1-2,6H2,(H,13,14). The predicted octanol–water partition coefficient (Wildman–Crippen LogP) is 1.47. The molecule has 0 fully saturated rings. The molecule has 0 spiro atoms. The highest BCUT2D eigenvalue weighted by Crippen LogP contribution is 2.07. The van der Waals surface area contributed by atoms with E-state index < -0.39 is 0 Å². The van der Waals surface area contributed by atoms with E-state index in [-0.39, 0.29) is 0 Å². The molecule has 0 unspecified atom stereocenters. The number of anilines is 1. The van der Waals surface area contributed by atoms with Crippen LogP contribution in [0.15, 0.2) is 18.3 Å². The molecule has 0 saturated carbocycles. The molecular formula is C10H10N4. The van der Waals surface area contributed by atoms with Crippen molar-refractivity contribution in [2.24, 2.45) is 0 Å². The number of pyridine rings is 1. The summed E-state index contributed by atoms with van der Waals surface area (Å²) in [5.74, 6) is 0. The van der Waals surface area contributed by atoms with Crippen LogP contribution in [0.2, 0.25) is 0 Å². The second kappa shape index (κ2) is 5.55. The maximum atomic E-state index is 8.47. The molecule has 70 valence electrons. The summed E-state index contributed by atoms with van der Waals surface area (Å²) in [5.41, 5.74) is 1.65. The van der Waals surface area contributed by atoms with Crippen LogP contribution >= 0.6 is 0 Å². The van der Waals surface area contributed by atoms with Gasteiger partial charge in [-0.2, -0.15) is 10.5 Å². The number of aromatic nitrogens is 1. The highest BCUT2D eigenvalue weighted by atomic mass is 14.9. The first-order valence-electron chi connectivity index (χ1n) is 4.29. The first-order valence-corrected chi connectivity index (χ1v) is 4.29. The number of nitrogens with one attached hydrogen (secondary N) is 1. The maximum absolute atomic E-state index is 8.47. The second-order valence-electron chi connectivity index (χ2n) is 2.71. The summed E-state index contributed by atoms with van der Waals surface area (Å²) >= 11 is 0. The van der Waals surface area contributed by atoms with Crippen molar-refractivity contribution >= 4 is 5.69 Å². The minimum Gasteiger partial charge on any atom is -0.384 e. The third-order valence-electron chi connectivity index (χ3n) is 1.64. The van der Waals surface area contributed by atoms with Gasteiger partial charge in [0.2, 0.25) is 0 Å². The third kappa shape index (κ3) is 3.12. The zero-order valence-corrected chi connectivity index (χ0v) is 7.70. The summed E-state index contributed by atoms with van der Waals surface area (Å²) in [4.78, 5) is 4.03. The summed E-state index contributed by atoms with van der Waals surface area (Å²) in [6, 6.07) is 7.72. The summed E-state index contributed by atoms with van der Waals surface area (Å²) in [6.45, 7) is 0.618. The summed E-state index contributed by atoms with van der Waals surface area (Å²) in [7, 11) is 0. The van der Waals surface area contributed by atoms with Crippen LogP contribution < -0.4 is 5.32 Å². The Hall–Kier alpha value is -2.07. The molecule has 0 aromatic carbocycles. The van der Waals surface area contributed by atoms with E-state index in [1.165, 1.54) is 0 Å². The molecule has 0 aliphatic carbocycles. The molecular weight excluding hydrogens is 176 g/mol. The maximum Gasteiger partial charge on any atom is 0.0775 e. The quantitative estimate of drug-likeness (QED) is 0.723. The zero-order valence-electron chi connectivity index (χ0n) is 7.70. The lowest BCUT2D eigenvalue weighted by Gasteiger charge is -2.03. The summed E-state index contributed by atoms with van der Waals surface area (Å²) in [6.07, 6.45) is 2.44. The van der Waals surface area contributed by atoms with Crippen LogP contribution in [0, 0.1) is 22.7 Å². The van der Waals surface area contributed by atoms with Crippen LogP contribution in [-0.2, 0) is 6.42 Å². The number of hydrogen-bond donors (Lipinski definition) is 1. The Labute approximate surface area is 82.8 Å². The SMILES string of the molecule is N#CCCNc1ccnc(CC#N)c1. The van der Waals surface area contributed by atoms with E-state index in [1.54, 1.807) is 6.20 Å². The van der Waals surface area contributed by atoms with Gasteiger partial charge in [0.1, 0.15) is 0 Å². The van der Waals surface area contributed by atoms with E-state index in [4.69, 9.17) is 10.5 Å². The fourth-order valence-electron chi connectivity index (χ4n) is 1.03. The van der Waals surface area contributed by atoms with Gasteiger partial charge in [-0.1, -0.05) is 0 Å². The Bertz CT molecular complexity index is 372. The molecule has 4 heteroatoms. The lowest BCUT2D eigenvalue weighted by atomic mass is 10.2. The molecule has 0 saturated heterocycles. The molecule has 1 aromatic heterocycles. The Kier molecular flexibility index (Phi) is 3.97. The number of nitrogens with zero attached hydrogens (tertiary/aromatic N) is 3. The van der Waals surface area contributed by atoms with Crippen LogP contribution in [0.4, 0.5) is 5.69 Å². The minimum absolute atomic E-state index is 0.313. The fraction of sp³-hybridized carbons (Fsp3) is 0.300. The van der Waals surface area contributed by atoms with Crippen LogP contribution in [0.1, 0.15) is 12.1 Å². The molecule has 1 heterocycles. The van der Waals surface area contributed by atoms with Crippen molar-refractivity contribution in [3.8, 4) is 12.1 Å². The van der Waals surface area contributed by atoms with E-state index >= 15 is 0 Å². The first kappa shape index (κ1) is 10.0. The van der Waals surface area contributed by atoms with Crippen LogP contribution in [0.3, 0.4) is 0 Å². The molecule has 4 nitrogen and oxygen atoms in total. The van der Waals surface area contributed by atoms with Crippen molar-refractivity contribution in [3.63, 3.8) is 0 Å². The van der Waals surface area contributed by atoms with Gasteiger partial charge < -0.3 is 5.32 Å². The monoisotopic (exact) mass is 186 g/mol. The lowest BCUT2D eigenvalue weighted by molar-refractivity contribution is 1.06. The molecule has 1 aromatic rings. The molecule has 1 N–H and O–H groups in total. The first-order chi connectivity index (χ1) is 6.86. The van der Waals surface area contributed by atoms with Crippen LogP contribution in [0.5, 0.6) is 0 Å². The Balaban J connectivity index is 2.56. The van der Waals surface area contributed by atoms with Crippen molar-refractivity contribution in [2.75, 3.05) is 11.9 Å². The molecule has 0 atom stereocenters. The van der Waals surface area contributed by atoms with Crippen LogP contribution in [0.25, 0.3) is 0 Å². The number of nitriles is 2. The van der Waals surface area contributed by atoms with Crippen molar-refractivity contribution in [2.45, 2.75) is 12.8 Å². The van der Waals surface area contributed by atoms with Crippen LogP contribution in [-0.4, -0.2) is 11.5 Å². The molecule has 0 bridgehead atoms. The summed E-state index contributed by atoms with van der Waals surface area (Å²) < 4.78 is 0. The van der Waals surface area contributed by atoms with Gasteiger partial charge in [0, 0.05) is 18.4 Å². The van der Waals surface area contributed by atoms with Crippen molar-refractivity contribution in [1.29, 1.82) is 10.5 Å². The van der Waals surface area contributed by atoms with E-state index in [9.17, 15) is 0 Å². The molecule has 0 aliphatic rings. The predicted molar refractivity (Wildman–Crippen MR) is 52.3 cm³/mol. The summed E-state index contributed by atoms with van der Waals surface area (Å²) in [5, 5.41) is 19.9. The second-order valence-corrected chi connectivity index (χ2v) is 2.71. The Morgan fingerprint density at radius 1 is 1.36 bits per heavy atom. The van der Waals surface area contributed by atoms with Gasteiger partial charge in [0.05, 0.1) is 30.7 Å². The van der Waals surface area contributed by atoms with E-state index in [0.717, 1.165) is 11.4 Å². The van der Waals surface area contributed by atoms with Gasteiger partial charge >= 0.3 is 0 Å². The van der Waals surface area contributed by atoms with Gasteiger partial charge in [0.25, 0.3) is 0 Å². The average Bonchev–Trinajstić information content (AvgIpc) is 2.19. The van der Waals surface area contributed by atoms with Gasteiger partial charge in [-0.15, -0.1) is 0 Å². The van der Waals surface area contributed by atoms with Gasteiger partial charge in [-0.3, -0.25) is 4.98 Å². The highest BCUT2D eigenvalue weighted by molar-refractivity contribution is 5.43. The highest BCUT2D eigenvalue weighted by Gasteiger charge is 1.95. The largest absolute Gasteiger partial charge is 0.384 e. The van der Waals surface area contributed by atoms with Crippen molar-refractivity contribution in [3.05, 3.63) is 24.0 Å². The average molecular weight is 186 g/mol. The Morgan fingerprint density at radius 2 is 2.21 bits per heavy atom. The zero-order chi connectivity index (χ0) is 10.2. The molecule has 0 amide bonds. The number of hydrogen-bond acceptors (Lipinski definition) is 4. The van der Waals surface area contributed by atoms with Gasteiger partial charge in [0.15, 0.2) is 0 Å². The molecule has 14 heavy (non-hydrogen) atoms. The van der Waals surface area contributed by atoms with Gasteiger partial charge in [-0.25, -0.2) is 0 Å².